The first-order valence-electron chi connectivity index (χ1n) is 6.46. The molecule has 2 heterocycles. The van der Waals surface area contributed by atoms with Crippen molar-refractivity contribution in [2.75, 3.05) is 13.1 Å². The van der Waals surface area contributed by atoms with Crippen LogP contribution < -0.4 is 10.6 Å². The predicted molar refractivity (Wildman–Crippen MR) is 73.8 cm³/mol. The van der Waals surface area contributed by atoms with Crippen LogP contribution in [0.25, 0.3) is 12.3 Å². The van der Waals surface area contributed by atoms with Gasteiger partial charge in [0, 0.05) is 35.6 Å². The van der Waals surface area contributed by atoms with Gasteiger partial charge in [-0.15, -0.1) is 0 Å². The SMILES string of the molecule is C=c1[nH]cc/c1=C(/C=C\C)N1CCC(C)CC1. The second-order valence-electron chi connectivity index (χ2n) is 4.92. The zero-order valence-corrected chi connectivity index (χ0v) is 10.9. The van der Waals surface area contributed by atoms with Crippen molar-refractivity contribution in [2.24, 2.45) is 5.92 Å². The van der Waals surface area contributed by atoms with Gasteiger partial charge in [-0.05, 0) is 37.8 Å². The van der Waals surface area contributed by atoms with Gasteiger partial charge in [0.25, 0.3) is 0 Å². The number of likely N-dealkylation sites (tertiary alicyclic amines) is 1. The summed E-state index contributed by atoms with van der Waals surface area (Å²) in [6.45, 7) is 10.8. The Bertz CT molecular complexity index is 487. The van der Waals surface area contributed by atoms with E-state index in [1.807, 2.05) is 6.20 Å². The molecule has 1 fully saturated rings. The average molecular weight is 230 g/mol. The Morgan fingerprint density at radius 2 is 2.18 bits per heavy atom. The minimum absolute atomic E-state index is 0.864. The molecule has 0 radical (unpaired) electrons. The highest BCUT2D eigenvalue weighted by Gasteiger charge is 2.16. The normalized spacial score (nSPS) is 20.0. The number of H-pyrrole nitrogens is 1. The van der Waals surface area contributed by atoms with Gasteiger partial charge in [0.15, 0.2) is 0 Å². The molecule has 0 aromatic carbocycles. The third-order valence-corrected chi connectivity index (χ3v) is 3.56. The standard InChI is InChI=1S/C15H22N2/c1-4-5-15(14-6-9-16-13(14)3)17-10-7-12(2)8-11-17/h4-6,9,12,16H,3,7-8,10-11H2,1-2H3/b5-4-,15-14+. The Labute approximate surface area is 103 Å². The lowest BCUT2D eigenvalue weighted by atomic mass is 9.98. The summed E-state index contributed by atoms with van der Waals surface area (Å²) in [6, 6.07) is 2.12. The number of nitrogens with zero attached hydrogens (tertiary/aromatic N) is 1. The molecule has 0 unspecified atom stereocenters. The Kier molecular flexibility index (Phi) is 3.72. The predicted octanol–water partition coefficient (Wildman–Crippen LogP) is 1.84. The second-order valence-corrected chi connectivity index (χ2v) is 4.92. The van der Waals surface area contributed by atoms with Crippen molar-refractivity contribution in [2.45, 2.75) is 26.7 Å². The third-order valence-electron chi connectivity index (χ3n) is 3.56. The number of piperidine rings is 1. The molecule has 2 nitrogen and oxygen atoms in total. The molecule has 92 valence electrons. The van der Waals surface area contributed by atoms with Crippen LogP contribution in [-0.2, 0) is 0 Å². The quantitative estimate of drug-likeness (QED) is 0.821. The largest absolute Gasteiger partial charge is 0.371 e. The maximum Gasteiger partial charge on any atom is 0.0457 e. The highest BCUT2D eigenvalue weighted by molar-refractivity contribution is 5.54. The fourth-order valence-corrected chi connectivity index (χ4v) is 2.42. The molecule has 0 spiro atoms. The van der Waals surface area contributed by atoms with Crippen LogP contribution in [0.15, 0.2) is 24.4 Å². The van der Waals surface area contributed by atoms with Gasteiger partial charge < -0.3 is 9.88 Å². The Hall–Kier alpha value is -1.44. The molecule has 1 aromatic rings. The fraction of sp³-hybridized carbons (Fsp3) is 0.467. The average Bonchev–Trinajstić information content (AvgIpc) is 2.74. The number of aromatic nitrogens is 1. The first-order chi connectivity index (χ1) is 8.22. The van der Waals surface area contributed by atoms with Gasteiger partial charge in [-0.2, -0.15) is 0 Å². The van der Waals surface area contributed by atoms with Crippen molar-refractivity contribution in [3.8, 4) is 0 Å². The summed E-state index contributed by atoms with van der Waals surface area (Å²) in [5.41, 5.74) is 1.31. The number of allylic oxidation sites excluding steroid dienone is 1. The van der Waals surface area contributed by atoms with Gasteiger partial charge in [0.05, 0.1) is 0 Å². The van der Waals surface area contributed by atoms with E-state index in [-0.39, 0.29) is 0 Å². The third kappa shape index (κ3) is 2.63. The molecule has 1 saturated heterocycles. The minimum Gasteiger partial charge on any atom is -0.371 e. The van der Waals surface area contributed by atoms with Crippen LogP contribution >= 0.6 is 0 Å². The van der Waals surface area contributed by atoms with E-state index in [0.29, 0.717) is 0 Å². The second kappa shape index (κ2) is 5.26. The molecule has 0 atom stereocenters. The van der Waals surface area contributed by atoms with Crippen molar-refractivity contribution in [1.29, 1.82) is 0 Å². The number of nitrogens with one attached hydrogen (secondary N) is 1. The maximum absolute atomic E-state index is 4.06. The lowest BCUT2D eigenvalue weighted by Crippen LogP contribution is -2.37. The molecule has 1 aliphatic rings. The van der Waals surface area contributed by atoms with E-state index in [4.69, 9.17) is 0 Å². The molecule has 1 aromatic heterocycles. The topological polar surface area (TPSA) is 19.0 Å². The molecule has 2 heteroatoms. The van der Waals surface area contributed by atoms with E-state index in [9.17, 15) is 0 Å². The molecule has 0 saturated carbocycles. The molecule has 1 aliphatic heterocycles. The molecule has 0 aliphatic carbocycles. The van der Waals surface area contributed by atoms with E-state index in [0.717, 1.165) is 24.4 Å². The van der Waals surface area contributed by atoms with Gasteiger partial charge >= 0.3 is 0 Å². The summed E-state index contributed by atoms with van der Waals surface area (Å²) in [5, 5.41) is 2.24. The van der Waals surface area contributed by atoms with Crippen molar-refractivity contribution < 1.29 is 0 Å². The van der Waals surface area contributed by atoms with Crippen LogP contribution in [0.1, 0.15) is 26.7 Å². The number of hydrogen-bond acceptors (Lipinski definition) is 1. The van der Waals surface area contributed by atoms with E-state index >= 15 is 0 Å². The first kappa shape index (κ1) is 12.0. The summed E-state index contributed by atoms with van der Waals surface area (Å²) in [4.78, 5) is 5.65. The van der Waals surface area contributed by atoms with Crippen molar-refractivity contribution in [1.82, 2.24) is 9.88 Å². The Morgan fingerprint density at radius 3 is 2.71 bits per heavy atom. The highest BCUT2D eigenvalue weighted by Crippen LogP contribution is 2.20. The summed E-state index contributed by atoms with van der Waals surface area (Å²) >= 11 is 0. The van der Waals surface area contributed by atoms with Crippen LogP contribution in [0.4, 0.5) is 0 Å². The lowest BCUT2D eigenvalue weighted by molar-refractivity contribution is 0.268. The summed E-state index contributed by atoms with van der Waals surface area (Å²) in [6.07, 6.45) is 8.86. The van der Waals surface area contributed by atoms with Crippen LogP contribution in [0.5, 0.6) is 0 Å². The van der Waals surface area contributed by atoms with Crippen molar-refractivity contribution >= 4 is 12.3 Å². The van der Waals surface area contributed by atoms with Crippen LogP contribution in [0.3, 0.4) is 0 Å². The van der Waals surface area contributed by atoms with E-state index < -0.39 is 0 Å². The first-order valence-corrected chi connectivity index (χ1v) is 6.46. The van der Waals surface area contributed by atoms with E-state index in [1.54, 1.807) is 0 Å². The molecule has 0 amide bonds. The van der Waals surface area contributed by atoms with Gasteiger partial charge in [-0.1, -0.05) is 19.6 Å². The van der Waals surface area contributed by atoms with Gasteiger partial charge in [0.1, 0.15) is 0 Å². The van der Waals surface area contributed by atoms with Crippen LogP contribution in [0, 0.1) is 5.92 Å². The van der Waals surface area contributed by atoms with Crippen molar-refractivity contribution in [3.63, 3.8) is 0 Å². The minimum atomic E-state index is 0.864. The summed E-state index contributed by atoms with van der Waals surface area (Å²) in [7, 11) is 0. The molecule has 2 rings (SSSR count). The van der Waals surface area contributed by atoms with Gasteiger partial charge in [0.2, 0.25) is 0 Å². The summed E-state index contributed by atoms with van der Waals surface area (Å²) in [5.74, 6) is 0.864. The summed E-state index contributed by atoms with van der Waals surface area (Å²) < 4.78 is 0. The van der Waals surface area contributed by atoms with Crippen LogP contribution in [0.2, 0.25) is 0 Å². The smallest absolute Gasteiger partial charge is 0.0457 e. The maximum atomic E-state index is 4.06. The number of hydrogen-bond donors (Lipinski definition) is 1. The van der Waals surface area contributed by atoms with Crippen molar-refractivity contribution in [3.05, 3.63) is 35.0 Å². The highest BCUT2D eigenvalue weighted by atomic mass is 15.1. The fourth-order valence-electron chi connectivity index (χ4n) is 2.42. The molecule has 1 N–H and O–H groups in total. The lowest BCUT2D eigenvalue weighted by Gasteiger charge is -2.32. The molecule has 17 heavy (non-hydrogen) atoms. The monoisotopic (exact) mass is 230 g/mol. The number of aromatic amines is 1. The van der Waals surface area contributed by atoms with E-state index in [2.05, 4.69) is 48.5 Å². The molecule has 0 bridgehead atoms. The Balaban J connectivity index is 2.38. The Morgan fingerprint density at radius 1 is 1.47 bits per heavy atom. The molecular formula is C15H22N2. The zero-order valence-electron chi connectivity index (χ0n) is 10.9. The van der Waals surface area contributed by atoms with E-state index in [1.165, 1.54) is 23.8 Å². The zero-order chi connectivity index (χ0) is 12.3. The van der Waals surface area contributed by atoms with Gasteiger partial charge in [-0.3, -0.25) is 0 Å². The number of rotatable bonds is 2. The van der Waals surface area contributed by atoms with Crippen LogP contribution in [-0.4, -0.2) is 23.0 Å². The van der Waals surface area contributed by atoms with Gasteiger partial charge in [-0.25, -0.2) is 0 Å². The molecular weight excluding hydrogens is 208 g/mol.